The fourth-order valence-corrected chi connectivity index (χ4v) is 1.29. The molecule has 0 spiro atoms. The van der Waals surface area contributed by atoms with E-state index < -0.39 is 0 Å². The average Bonchev–Trinajstić information content (AvgIpc) is 2.34. The van der Waals surface area contributed by atoms with Crippen molar-refractivity contribution in [3.63, 3.8) is 0 Å². The molecule has 6 heteroatoms. The predicted octanol–water partition coefficient (Wildman–Crippen LogP) is 1.79. The van der Waals surface area contributed by atoms with Crippen LogP contribution in [0.5, 0.6) is 0 Å². The van der Waals surface area contributed by atoms with Crippen LogP contribution in [0.15, 0.2) is 29.4 Å². The Morgan fingerprint density at radius 3 is 2.94 bits per heavy atom. The molecule has 6 nitrogen and oxygen atoms in total. The lowest BCUT2D eigenvalue weighted by Gasteiger charge is -2.13. The third kappa shape index (κ3) is 4.04. The molecule has 0 saturated carbocycles. The van der Waals surface area contributed by atoms with E-state index in [2.05, 4.69) is 15.3 Å². The minimum Gasteiger partial charge on any atom is -0.378 e. The number of benzene rings is 1. The summed E-state index contributed by atoms with van der Waals surface area (Å²) in [7, 11) is 3.83. The molecule has 1 amide bonds. The SMILES string of the molecule is CN(C)c1cccc(C(=O)NCCN=[N+]=[N-])c1. The first-order valence-corrected chi connectivity index (χ1v) is 5.21. The van der Waals surface area contributed by atoms with Crippen molar-refractivity contribution in [2.75, 3.05) is 32.1 Å². The maximum Gasteiger partial charge on any atom is 0.251 e. The smallest absolute Gasteiger partial charge is 0.251 e. The molecule has 17 heavy (non-hydrogen) atoms. The Balaban J connectivity index is 2.62. The van der Waals surface area contributed by atoms with E-state index in [0.29, 0.717) is 12.1 Å². The zero-order valence-electron chi connectivity index (χ0n) is 9.92. The van der Waals surface area contributed by atoms with Gasteiger partial charge in [-0.15, -0.1) is 0 Å². The highest BCUT2D eigenvalue weighted by Crippen LogP contribution is 2.12. The summed E-state index contributed by atoms with van der Waals surface area (Å²) in [5.74, 6) is -0.165. The van der Waals surface area contributed by atoms with Gasteiger partial charge in [0.2, 0.25) is 0 Å². The van der Waals surface area contributed by atoms with Crippen molar-refractivity contribution in [2.24, 2.45) is 5.11 Å². The van der Waals surface area contributed by atoms with Gasteiger partial charge in [-0.3, -0.25) is 4.79 Å². The number of anilines is 1. The van der Waals surface area contributed by atoms with Gasteiger partial charge in [0, 0.05) is 43.3 Å². The van der Waals surface area contributed by atoms with E-state index in [9.17, 15) is 4.79 Å². The standard InChI is InChI=1S/C11H15N5O/c1-16(2)10-5-3-4-9(8-10)11(17)13-6-7-14-15-12/h3-5,8H,6-7H2,1-2H3,(H,13,17). The monoisotopic (exact) mass is 233 g/mol. The van der Waals surface area contributed by atoms with E-state index in [1.54, 1.807) is 6.07 Å². The van der Waals surface area contributed by atoms with E-state index in [1.165, 1.54) is 0 Å². The van der Waals surface area contributed by atoms with Gasteiger partial charge in [-0.2, -0.15) is 0 Å². The Kier molecular flexibility index (Phi) is 4.84. The Hall–Kier alpha value is -2.20. The molecular weight excluding hydrogens is 218 g/mol. The van der Waals surface area contributed by atoms with Crippen molar-refractivity contribution in [1.82, 2.24) is 5.32 Å². The van der Waals surface area contributed by atoms with E-state index in [1.807, 2.05) is 37.2 Å². The second-order valence-corrected chi connectivity index (χ2v) is 3.66. The highest BCUT2D eigenvalue weighted by Gasteiger charge is 2.05. The summed E-state index contributed by atoms with van der Waals surface area (Å²) in [6.07, 6.45) is 0. The van der Waals surface area contributed by atoms with Gasteiger partial charge in [0.15, 0.2) is 0 Å². The summed E-state index contributed by atoms with van der Waals surface area (Å²) in [4.78, 5) is 16.3. The summed E-state index contributed by atoms with van der Waals surface area (Å²) >= 11 is 0. The lowest BCUT2D eigenvalue weighted by molar-refractivity contribution is 0.0955. The number of nitrogens with zero attached hydrogens (tertiary/aromatic N) is 4. The van der Waals surface area contributed by atoms with Gasteiger partial charge < -0.3 is 10.2 Å². The van der Waals surface area contributed by atoms with Crippen LogP contribution in [-0.2, 0) is 0 Å². The second kappa shape index (κ2) is 6.40. The summed E-state index contributed by atoms with van der Waals surface area (Å²) in [5.41, 5.74) is 9.65. The fourth-order valence-electron chi connectivity index (χ4n) is 1.29. The molecule has 0 unspecified atom stereocenters. The molecule has 0 aromatic heterocycles. The van der Waals surface area contributed by atoms with Crippen molar-refractivity contribution < 1.29 is 4.79 Å². The number of nitrogens with one attached hydrogen (secondary N) is 1. The summed E-state index contributed by atoms with van der Waals surface area (Å²) in [6.45, 7) is 0.602. The molecule has 1 rings (SSSR count). The molecule has 1 N–H and O–H groups in total. The van der Waals surface area contributed by atoms with Gasteiger partial charge in [-0.05, 0) is 23.7 Å². The van der Waals surface area contributed by atoms with E-state index in [0.717, 1.165) is 5.69 Å². The lowest BCUT2D eigenvalue weighted by atomic mass is 10.2. The van der Waals surface area contributed by atoms with Crippen LogP contribution in [0, 0.1) is 0 Å². The van der Waals surface area contributed by atoms with Gasteiger partial charge in [-0.25, -0.2) is 0 Å². The largest absolute Gasteiger partial charge is 0.378 e. The molecule has 0 atom stereocenters. The molecule has 0 radical (unpaired) electrons. The Bertz CT molecular complexity index is 437. The predicted molar refractivity (Wildman–Crippen MR) is 67.1 cm³/mol. The molecule has 1 aromatic rings. The van der Waals surface area contributed by atoms with Crippen molar-refractivity contribution in [3.8, 4) is 0 Å². The Morgan fingerprint density at radius 2 is 2.29 bits per heavy atom. The van der Waals surface area contributed by atoms with Crippen LogP contribution < -0.4 is 10.2 Å². The molecule has 90 valence electrons. The van der Waals surface area contributed by atoms with E-state index in [-0.39, 0.29) is 12.5 Å². The number of carbonyl (C=O) groups excluding carboxylic acids is 1. The van der Waals surface area contributed by atoms with Crippen molar-refractivity contribution in [1.29, 1.82) is 0 Å². The normalized spacial score (nSPS) is 9.29. The number of rotatable bonds is 5. The number of hydrogen-bond acceptors (Lipinski definition) is 3. The maximum atomic E-state index is 11.7. The third-order valence-corrected chi connectivity index (χ3v) is 2.19. The van der Waals surface area contributed by atoms with Crippen LogP contribution in [0.25, 0.3) is 10.4 Å². The van der Waals surface area contributed by atoms with E-state index >= 15 is 0 Å². The highest BCUT2D eigenvalue weighted by atomic mass is 16.1. The first-order valence-electron chi connectivity index (χ1n) is 5.21. The minimum absolute atomic E-state index is 0.165. The van der Waals surface area contributed by atoms with E-state index in [4.69, 9.17) is 5.53 Å². The Labute approximate surface area is 99.9 Å². The van der Waals surface area contributed by atoms with Crippen molar-refractivity contribution in [3.05, 3.63) is 40.3 Å². The quantitative estimate of drug-likeness (QED) is 0.364. The minimum atomic E-state index is -0.165. The topological polar surface area (TPSA) is 81.1 Å². The van der Waals surface area contributed by atoms with Crippen molar-refractivity contribution >= 4 is 11.6 Å². The zero-order chi connectivity index (χ0) is 12.7. The lowest BCUT2D eigenvalue weighted by Crippen LogP contribution is -2.26. The molecule has 0 aliphatic carbocycles. The van der Waals surface area contributed by atoms with Gasteiger partial charge in [0.25, 0.3) is 5.91 Å². The van der Waals surface area contributed by atoms with Gasteiger partial charge >= 0.3 is 0 Å². The fraction of sp³-hybridized carbons (Fsp3) is 0.364. The summed E-state index contributed by atoms with van der Waals surface area (Å²) in [5, 5.41) is 6.02. The van der Waals surface area contributed by atoms with Crippen LogP contribution in [0.2, 0.25) is 0 Å². The van der Waals surface area contributed by atoms with Gasteiger partial charge in [0.05, 0.1) is 0 Å². The molecule has 0 saturated heterocycles. The first kappa shape index (κ1) is 12.9. The van der Waals surface area contributed by atoms with Gasteiger partial charge in [-0.1, -0.05) is 11.2 Å². The summed E-state index contributed by atoms with van der Waals surface area (Å²) < 4.78 is 0. The number of carbonyl (C=O) groups is 1. The molecule has 0 fully saturated rings. The van der Waals surface area contributed by atoms with Crippen LogP contribution >= 0.6 is 0 Å². The first-order chi connectivity index (χ1) is 8.15. The highest BCUT2D eigenvalue weighted by molar-refractivity contribution is 5.95. The number of hydrogen-bond donors (Lipinski definition) is 1. The number of amides is 1. The Morgan fingerprint density at radius 1 is 1.53 bits per heavy atom. The maximum absolute atomic E-state index is 11.7. The molecule has 1 aromatic carbocycles. The molecule has 0 aliphatic rings. The molecular formula is C11H15N5O. The molecule has 0 aliphatic heterocycles. The van der Waals surface area contributed by atoms with Crippen LogP contribution in [0.3, 0.4) is 0 Å². The molecule has 0 heterocycles. The van der Waals surface area contributed by atoms with Crippen LogP contribution in [-0.4, -0.2) is 33.1 Å². The summed E-state index contributed by atoms with van der Waals surface area (Å²) in [6, 6.07) is 7.31. The van der Waals surface area contributed by atoms with Gasteiger partial charge in [0.1, 0.15) is 0 Å². The zero-order valence-corrected chi connectivity index (χ0v) is 9.92. The van der Waals surface area contributed by atoms with Crippen LogP contribution in [0.4, 0.5) is 5.69 Å². The van der Waals surface area contributed by atoms with Crippen molar-refractivity contribution in [2.45, 2.75) is 0 Å². The van der Waals surface area contributed by atoms with Crippen LogP contribution in [0.1, 0.15) is 10.4 Å². The number of azide groups is 1. The second-order valence-electron chi connectivity index (χ2n) is 3.66. The third-order valence-electron chi connectivity index (χ3n) is 2.19. The molecule has 0 bridgehead atoms. The average molecular weight is 233 g/mol.